The van der Waals surface area contributed by atoms with Gasteiger partial charge in [0.1, 0.15) is 0 Å². The van der Waals surface area contributed by atoms with Gasteiger partial charge in [-0.3, -0.25) is 9.69 Å². The van der Waals surface area contributed by atoms with Crippen molar-refractivity contribution in [3.05, 3.63) is 48.0 Å². The van der Waals surface area contributed by atoms with Gasteiger partial charge in [0.05, 0.1) is 0 Å². The summed E-state index contributed by atoms with van der Waals surface area (Å²) in [5, 5.41) is 17.0. The van der Waals surface area contributed by atoms with Gasteiger partial charge in [0.15, 0.2) is 0 Å². The average Bonchev–Trinajstić information content (AvgIpc) is 2.79. The zero-order valence-corrected chi connectivity index (χ0v) is 17.9. The number of carbonyl (C=O) groups excluding carboxylic acids is 1. The summed E-state index contributed by atoms with van der Waals surface area (Å²) in [4.78, 5) is 36.0. The fourth-order valence-corrected chi connectivity index (χ4v) is 4.68. The Kier molecular flexibility index (Phi) is 7.63. The fourth-order valence-electron chi connectivity index (χ4n) is 4.68. The molecule has 31 heavy (non-hydrogen) atoms. The SMILES string of the molecule is CC1CCCCC1N1CCN(C(=O)c2cccc3ccccc23)CC1.O=C(O)C(=O)O. The number of rotatable bonds is 2. The van der Waals surface area contributed by atoms with Crippen LogP contribution in [0.4, 0.5) is 0 Å². The summed E-state index contributed by atoms with van der Waals surface area (Å²) in [6.07, 6.45) is 5.44. The predicted molar refractivity (Wildman–Crippen MR) is 118 cm³/mol. The molecule has 1 aliphatic carbocycles. The van der Waals surface area contributed by atoms with Crippen molar-refractivity contribution in [2.75, 3.05) is 26.2 Å². The number of aliphatic carboxylic acids is 2. The van der Waals surface area contributed by atoms with Gasteiger partial charge in [-0.05, 0) is 35.6 Å². The molecular formula is C24H30N2O5. The zero-order valence-electron chi connectivity index (χ0n) is 17.9. The molecule has 166 valence electrons. The smallest absolute Gasteiger partial charge is 0.414 e. The van der Waals surface area contributed by atoms with Crippen molar-refractivity contribution in [1.29, 1.82) is 0 Å². The minimum atomic E-state index is -1.82. The lowest BCUT2D eigenvalue weighted by Gasteiger charge is -2.43. The topological polar surface area (TPSA) is 98.2 Å². The largest absolute Gasteiger partial charge is 0.473 e. The van der Waals surface area contributed by atoms with Gasteiger partial charge in [-0.2, -0.15) is 0 Å². The van der Waals surface area contributed by atoms with E-state index >= 15 is 0 Å². The molecule has 7 heteroatoms. The second-order valence-corrected chi connectivity index (χ2v) is 8.29. The van der Waals surface area contributed by atoms with E-state index in [4.69, 9.17) is 19.8 Å². The molecule has 0 bridgehead atoms. The van der Waals surface area contributed by atoms with Gasteiger partial charge >= 0.3 is 11.9 Å². The summed E-state index contributed by atoms with van der Waals surface area (Å²) in [7, 11) is 0. The van der Waals surface area contributed by atoms with E-state index in [-0.39, 0.29) is 5.91 Å². The molecule has 1 saturated carbocycles. The molecule has 4 rings (SSSR count). The van der Waals surface area contributed by atoms with E-state index in [2.05, 4.69) is 30.0 Å². The number of hydrogen-bond donors (Lipinski definition) is 2. The van der Waals surface area contributed by atoms with Crippen LogP contribution in [0.25, 0.3) is 10.8 Å². The first-order valence-electron chi connectivity index (χ1n) is 10.9. The predicted octanol–water partition coefficient (Wildman–Crippen LogP) is 3.33. The fraction of sp³-hybridized carbons (Fsp3) is 0.458. The van der Waals surface area contributed by atoms with Crippen LogP contribution in [0.15, 0.2) is 42.5 Å². The zero-order chi connectivity index (χ0) is 22.4. The highest BCUT2D eigenvalue weighted by molar-refractivity contribution is 6.27. The van der Waals surface area contributed by atoms with Crippen LogP contribution in [-0.2, 0) is 9.59 Å². The first kappa shape index (κ1) is 22.7. The summed E-state index contributed by atoms with van der Waals surface area (Å²) in [6, 6.07) is 15.0. The van der Waals surface area contributed by atoms with E-state index in [1.807, 2.05) is 29.2 Å². The Morgan fingerprint density at radius 2 is 1.45 bits per heavy atom. The van der Waals surface area contributed by atoms with Gasteiger partial charge in [-0.15, -0.1) is 0 Å². The van der Waals surface area contributed by atoms with Crippen LogP contribution in [0.3, 0.4) is 0 Å². The Hall–Kier alpha value is -2.93. The van der Waals surface area contributed by atoms with E-state index in [9.17, 15) is 4.79 Å². The Bertz CT molecular complexity index is 919. The lowest BCUT2D eigenvalue weighted by atomic mass is 9.84. The molecule has 1 saturated heterocycles. The maximum atomic E-state index is 13.1. The number of hydrogen-bond acceptors (Lipinski definition) is 4. The molecule has 1 aliphatic heterocycles. The summed E-state index contributed by atoms with van der Waals surface area (Å²) in [5.74, 6) is -2.66. The highest BCUT2D eigenvalue weighted by Gasteiger charge is 2.31. The van der Waals surface area contributed by atoms with E-state index in [0.717, 1.165) is 54.5 Å². The number of piperazine rings is 1. The van der Waals surface area contributed by atoms with Gasteiger partial charge in [-0.1, -0.05) is 56.2 Å². The summed E-state index contributed by atoms with van der Waals surface area (Å²) < 4.78 is 0. The summed E-state index contributed by atoms with van der Waals surface area (Å²) in [6.45, 7) is 6.14. The van der Waals surface area contributed by atoms with Gasteiger partial charge in [0.2, 0.25) is 0 Å². The highest BCUT2D eigenvalue weighted by Crippen LogP contribution is 2.29. The first-order chi connectivity index (χ1) is 14.9. The number of amides is 1. The van der Waals surface area contributed by atoms with Crippen LogP contribution in [0.5, 0.6) is 0 Å². The molecule has 2 N–H and O–H groups in total. The molecule has 2 atom stereocenters. The minimum Gasteiger partial charge on any atom is -0.473 e. The van der Waals surface area contributed by atoms with E-state index < -0.39 is 11.9 Å². The molecule has 2 aromatic carbocycles. The van der Waals surface area contributed by atoms with Gasteiger partial charge in [-0.25, -0.2) is 9.59 Å². The van der Waals surface area contributed by atoms with Crippen molar-refractivity contribution in [1.82, 2.24) is 9.80 Å². The Balaban J connectivity index is 0.000000401. The summed E-state index contributed by atoms with van der Waals surface area (Å²) in [5.41, 5.74) is 0.845. The highest BCUT2D eigenvalue weighted by atomic mass is 16.4. The second-order valence-electron chi connectivity index (χ2n) is 8.29. The second kappa shape index (κ2) is 10.4. The van der Waals surface area contributed by atoms with E-state index in [0.29, 0.717) is 0 Å². The Labute approximate surface area is 182 Å². The van der Waals surface area contributed by atoms with E-state index in [1.165, 1.54) is 25.7 Å². The lowest BCUT2D eigenvalue weighted by molar-refractivity contribution is -0.159. The molecule has 0 aromatic heterocycles. The summed E-state index contributed by atoms with van der Waals surface area (Å²) >= 11 is 0. The van der Waals surface area contributed by atoms with Crippen LogP contribution in [0.1, 0.15) is 43.0 Å². The number of carbonyl (C=O) groups is 3. The van der Waals surface area contributed by atoms with Crippen molar-refractivity contribution in [2.45, 2.75) is 38.6 Å². The lowest BCUT2D eigenvalue weighted by Crippen LogP contribution is -2.54. The maximum Gasteiger partial charge on any atom is 0.414 e. The quantitative estimate of drug-likeness (QED) is 0.715. The number of fused-ring (bicyclic) bond motifs is 1. The standard InChI is InChI=1S/C22H28N2O.C2H2O4/c1-17-7-2-5-12-21(17)23-13-15-24(16-14-23)22(25)20-11-6-9-18-8-3-4-10-19(18)20;3-1(4)2(5)6/h3-4,6,8-11,17,21H,2,5,7,12-16H2,1H3;(H,3,4)(H,5,6). The van der Waals surface area contributed by atoms with Crippen molar-refractivity contribution in [3.8, 4) is 0 Å². The molecule has 0 radical (unpaired) electrons. The Morgan fingerprint density at radius 3 is 2.10 bits per heavy atom. The van der Waals surface area contributed by atoms with Gasteiger partial charge < -0.3 is 15.1 Å². The monoisotopic (exact) mass is 426 g/mol. The number of carboxylic acid groups (broad SMARTS) is 2. The number of nitrogens with zero attached hydrogens (tertiary/aromatic N) is 2. The third-order valence-electron chi connectivity index (χ3n) is 6.34. The van der Waals surface area contributed by atoms with Crippen molar-refractivity contribution < 1.29 is 24.6 Å². The molecule has 1 amide bonds. The van der Waals surface area contributed by atoms with Crippen LogP contribution in [0.2, 0.25) is 0 Å². The van der Waals surface area contributed by atoms with Gasteiger partial charge in [0.25, 0.3) is 5.91 Å². The third-order valence-corrected chi connectivity index (χ3v) is 6.34. The number of carboxylic acids is 2. The minimum absolute atomic E-state index is 0.188. The van der Waals surface area contributed by atoms with Crippen molar-refractivity contribution in [3.63, 3.8) is 0 Å². The molecule has 7 nitrogen and oxygen atoms in total. The normalized spacial score (nSPS) is 21.8. The van der Waals surface area contributed by atoms with Crippen LogP contribution < -0.4 is 0 Å². The van der Waals surface area contributed by atoms with Crippen LogP contribution >= 0.6 is 0 Å². The first-order valence-corrected chi connectivity index (χ1v) is 10.9. The molecule has 2 aromatic rings. The van der Waals surface area contributed by atoms with Crippen LogP contribution in [0, 0.1) is 5.92 Å². The number of benzene rings is 2. The van der Waals surface area contributed by atoms with Crippen LogP contribution in [-0.4, -0.2) is 70.1 Å². The molecule has 2 unspecified atom stereocenters. The molecule has 2 aliphatic rings. The molecule has 1 heterocycles. The Morgan fingerprint density at radius 1 is 0.839 bits per heavy atom. The maximum absolute atomic E-state index is 13.1. The molecule has 0 spiro atoms. The van der Waals surface area contributed by atoms with Gasteiger partial charge in [0, 0.05) is 37.8 Å². The average molecular weight is 427 g/mol. The third kappa shape index (κ3) is 5.61. The van der Waals surface area contributed by atoms with Crippen molar-refractivity contribution in [2.24, 2.45) is 5.92 Å². The van der Waals surface area contributed by atoms with Crippen molar-refractivity contribution >= 4 is 28.6 Å². The van der Waals surface area contributed by atoms with E-state index in [1.54, 1.807) is 0 Å². The molecule has 2 fully saturated rings. The molecular weight excluding hydrogens is 396 g/mol.